The Labute approximate surface area is 95.1 Å². The van der Waals surface area contributed by atoms with Crippen LogP contribution < -0.4 is 0 Å². The summed E-state index contributed by atoms with van der Waals surface area (Å²) in [6, 6.07) is 8.72. The third-order valence-electron chi connectivity index (χ3n) is 3.47. The summed E-state index contributed by atoms with van der Waals surface area (Å²) >= 11 is 2.04. The predicted octanol–water partition coefficient (Wildman–Crippen LogP) is 3.82. The Bertz CT molecular complexity index is 472. The van der Waals surface area contributed by atoms with E-state index in [1.165, 1.54) is 11.1 Å². The molecule has 0 saturated carbocycles. The van der Waals surface area contributed by atoms with E-state index >= 15 is 0 Å². The maximum atomic E-state index is 2.35. The summed E-state index contributed by atoms with van der Waals surface area (Å²) in [4.78, 5) is 0. The first-order valence-corrected chi connectivity index (χ1v) is 6.13. The number of thioether (sulfide) groups is 1. The van der Waals surface area contributed by atoms with Gasteiger partial charge in [-0.1, -0.05) is 48.6 Å². The van der Waals surface area contributed by atoms with E-state index in [0.717, 1.165) is 0 Å². The molecule has 0 spiro atoms. The van der Waals surface area contributed by atoms with Crippen LogP contribution in [-0.4, -0.2) is 4.75 Å². The van der Waals surface area contributed by atoms with Crippen molar-refractivity contribution in [1.29, 1.82) is 0 Å². The Morgan fingerprint density at radius 3 is 2.53 bits per heavy atom. The molecular weight excluding hydrogens is 200 g/mol. The van der Waals surface area contributed by atoms with Gasteiger partial charge in [-0.15, -0.1) is 11.8 Å². The number of aryl methyl sites for hydroxylation is 1. The van der Waals surface area contributed by atoms with Crippen molar-refractivity contribution in [2.45, 2.75) is 23.3 Å². The standard InChI is InChI=1S/C14H14S/c1-11-7-3-4-8-12(11)14-10-6-5-9-13(14,2)15-14/h3-10H,1-2H3. The van der Waals surface area contributed by atoms with Gasteiger partial charge in [0.1, 0.15) is 0 Å². The van der Waals surface area contributed by atoms with Crippen molar-refractivity contribution in [1.82, 2.24) is 0 Å². The first kappa shape index (κ1) is 9.29. The van der Waals surface area contributed by atoms with Crippen LogP contribution in [0.3, 0.4) is 0 Å². The summed E-state index contributed by atoms with van der Waals surface area (Å²) in [6.07, 6.45) is 9.01. The van der Waals surface area contributed by atoms with Crippen molar-refractivity contribution in [2.24, 2.45) is 0 Å². The molecule has 0 radical (unpaired) electrons. The van der Waals surface area contributed by atoms with Crippen LogP contribution in [0.25, 0.3) is 0 Å². The van der Waals surface area contributed by atoms with Gasteiger partial charge in [-0.3, -0.25) is 0 Å². The zero-order chi connectivity index (χ0) is 10.5. The SMILES string of the molecule is Cc1ccccc1C12C=CC=CC1(C)S2. The Balaban J connectivity index is 2.14. The number of fused-ring (bicyclic) bond motifs is 1. The normalized spacial score (nSPS) is 36.4. The van der Waals surface area contributed by atoms with Crippen LogP contribution in [0.4, 0.5) is 0 Å². The van der Waals surface area contributed by atoms with E-state index in [1.807, 2.05) is 11.8 Å². The minimum Gasteiger partial charge on any atom is -0.131 e. The first-order valence-electron chi connectivity index (χ1n) is 5.31. The second-order valence-corrected chi connectivity index (χ2v) is 6.17. The van der Waals surface area contributed by atoms with Gasteiger partial charge in [0, 0.05) is 0 Å². The Morgan fingerprint density at radius 1 is 1.07 bits per heavy atom. The van der Waals surface area contributed by atoms with Crippen LogP contribution in [0.2, 0.25) is 0 Å². The minimum absolute atomic E-state index is 0.215. The van der Waals surface area contributed by atoms with Gasteiger partial charge in [-0.25, -0.2) is 0 Å². The number of hydrogen-bond donors (Lipinski definition) is 0. The lowest BCUT2D eigenvalue weighted by molar-refractivity contribution is 0.736. The van der Waals surface area contributed by atoms with Crippen molar-refractivity contribution in [3.63, 3.8) is 0 Å². The highest BCUT2D eigenvalue weighted by molar-refractivity contribution is 8.09. The fourth-order valence-corrected chi connectivity index (χ4v) is 3.99. The molecule has 1 aromatic rings. The molecule has 1 aromatic carbocycles. The van der Waals surface area contributed by atoms with E-state index in [2.05, 4.69) is 62.4 Å². The van der Waals surface area contributed by atoms with Crippen LogP contribution in [-0.2, 0) is 4.75 Å². The molecular formula is C14H14S. The third kappa shape index (κ3) is 1.10. The lowest BCUT2D eigenvalue weighted by atomic mass is 9.82. The molecule has 0 bridgehead atoms. The fraction of sp³-hybridized carbons (Fsp3) is 0.286. The number of hydrogen-bond acceptors (Lipinski definition) is 1. The van der Waals surface area contributed by atoms with Gasteiger partial charge in [-0.05, 0) is 25.0 Å². The number of allylic oxidation sites excluding steroid dienone is 2. The van der Waals surface area contributed by atoms with Gasteiger partial charge in [0.25, 0.3) is 0 Å². The van der Waals surface area contributed by atoms with Crippen LogP contribution in [0.15, 0.2) is 48.6 Å². The molecule has 2 aliphatic rings. The molecule has 0 nitrogen and oxygen atoms in total. The molecule has 0 N–H and O–H groups in total. The zero-order valence-corrected chi connectivity index (χ0v) is 9.84. The molecule has 1 heteroatoms. The molecule has 1 aliphatic heterocycles. The number of benzene rings is 1. The quantitative estimate of drug-likeness (QED) is 0.640. The van der Waals surface area contributed by atoms with Crippen molar-refractivity contribution in [3.05, 3.63) is 59.7 Å². The molecule has 2 atom stereocenters. The zero-order valence-electron chi connectivity index (χ0n) is 9.03. The molecule has 2 unspecified atom stereocenters. The van der Waals surface area contributed by atoms with E-state index in [9.17, 15) is 0 Å². The fourth-order valence-electron chi connectivity index (χ4n) is 2.50. The monoisotopic (exact) mass is 214 g/mol. The molecule has 0 amide bonds. The average molecular weight is 214 g/mol. The van der Waals surface area contributed by atoms with Gasteiger partial charge in [0.2, 0.25) is 0 Å². The predicted molar refractivity (Wildman–Crippen MR) is 67.1 cm³/mol. The summed E-state index contributed by atoms with van der Waals surface area (Å²) in [6.45, 7) is 4.53. The lowest BCUT2D eigenvalue weighted by Crippen LogP contribution is -2.19. The molecule has 15 heavy (non-hydrogen) atoms. The highest BCUT2D eigenvalue weighted by atomic mass is 32.2. The molecule has 1 saturated heterocycles. The van der Waals surface area contributed by atoms with Gasteiger partial charge >= 0.3 is 0 Å². The van der Waals surface area contributed by atoms with Crippen molar-refractivity contribution < 1.29 is 0 Å². The Morgan fingerprint density at radius 2 is 1.80 bits per heavy atom. The van der Waals surface area contributed by atoms with Crippen LogP contribution in [0.5, 0.6) is 0 Å². The minimum atomic E-state index is 0.215. The summed E-state index contributed by atoms with van der Waals surface area (Å²) in [5.74, 6) is 0. The third-order valence-corrected chi connectivity index (χ3v) is 5.25. The van der Waals surface area contributed by atoms with E-state index in [0.29, 0.717) is 0 Å². The lowest BCUT2D eigenvalue weighted by Gasteiger charge is -2.19. The number of rotatable bonds is 1. The summed E-state index contributed by atoms with van der Waals surface area (Å²) in [5, 5.41) is 0. The molecule has 76 valence electrons. The molecule has 0 aromatic heterocycles. The molecule has 1 fully saturated rings. The van der Waals surface area contributed by atoms with Crippen molar-refractivity contribution >= 4 is 11.8 Å². The Hall–Kier alpha value is -0.950. The molecule has 1 aliphatic carbocycles. The van der Waals surface area contributed by atoms with Gasteiger partial charge < -0.3 is 0 Å². The highest BCUT2D eigenvalue weighted by Crippen LogP contribution is 2.72. The van der Waals surface area contributed by atoms with Gasteiger partial charge in [0.15, 0.2) is 0 Å². The van der Waals surface area contributed by atoms with Crippen LogP contribution in [0.1, 0.15) is 18.1 Å². The van der Waals surface area contributed by atoms with Crippen molar-refractivity contribution in [2.75, 3.05) is 0 Å². The average Bonchev–Trinajstić information content (AvgIpc) is 2.86. The van der Waals surface area contributed by atoms with Crippen LogP contribution >= 0.6 is 11.8 Å². The van der Waals surface area contributed by atoms with Crippen molar-refractivity contribution in [3.8, 4) is 0 Å². The van der Waals surface area contributed by atoms with E-state index in [1.54, 1.807) is 0 Å². The van der Waals surface area contributed by atoms with Gasteiger partial charge in [-0.2, -0.15) is 0 Å². The van der Waals surface area contributed by atoms with E-state index in [-0.39, 0.29) is 9.49 Å². The molecule has 3 rings (SSSR count). The summed E-state index contributed by atoms with van der Waals surface area (Å²) in [7, 11) is 0. The second-order valence-electron chi connectivity index (χ2n) is 4.48. The summed E-state index contributed by atoms with van der Waals surface area (Å²) < 4.78 is 0.501. The maximum absolute atomic E-state index is 2.35. The van der Waals surface area contributed by atoms with Crippen LogP contribution in [0, 0.1) is 6.92 Å². The topological polar surface area (TPSA) is 0 Å². The first-order chi connectivity index (χ1) is 7.18. The van der Waals surface area contributed by atoms with Gasteiger partial charge in [0.05, 0.1) is 9.49 Å². The second kappa shape index (κ2) is 2.79. The summed E-state index contributed by atoms with van der Waals surface area (Å²) in [5.41, 5.74) is 2.87. The maximum Gasteiger partial charge on any atom is 0.0782 e. The molecule has 1 heterocycles. The largest absolute Gasteiger partial charge is 0.131 e. The van der Waals surface area contributed by atoms with E-state index in [4.69, 9.17) is 0 Å². The Kier molecular flexibility index (Phi) is 1.73. The smallest absolute Gasteiger partial charge is 0.0782 e. The highest BCUT2D eigenvalue weighted by Gasteiger charge is 2.64. The van der Waals surface area contributed by atoms with E-state index < -0.39 is 0 Å².